The summed E-state index contributed by atoms with van der Waals surface area (Å²) in [4.78, 5) is 14.7. The van der Waals surface area contributed by atoms with Crippen molar-refractivity contribution in [1.29, 1.82) is 0 Å². The molecular formula is C23H22FNO3. The van der Waals surface area contributed by atoms with Gasteiger partial charge in [0.2, 0.25) is 0 Å². The van der Waals surface area contributed by atoms with Crippen molar-refractivity contribution >= 4 is 5.91 Å². The van der Waals surface area contributed by atoms with Crippen LogP contribution in [0.3, 0.4) is 0 Å². The Morgan fingerprint density at radius 1 is 0.893 bits per heavy atom. The number of carbonyl (C=O) groups is 1. The van der Waals surface area contributed by atoms with Crippen molar-refractivity contribution in [3.8, 4) is 5.75 Å². The van der Waals surface area contributed by atoms with Crippen molar-refractivity contribution in [2.45, 2.75) is 13.2 Å². The molecule has 3 rings (SSSR count). The molecule has 3 aromatic carbocycles. The van der Waals surface area contributed by atoms with E-state index in [1.54, 1.807) is 41.3 Å². The largest absolute Gasteiger partial charge is 0.488 e. The van der Waals surface area contributed by atoms with Gasteiger partial charge in [-0.1, -0.05) is 54.6 Å². The fourth-order valence-electron chi connectivity index (χ4n) is 2.86. The highest BCUT2D eigenvalue weighted by Gasteiger charge is 2.19. The lowest BCUT2D eigenvalue weighted by Gasteiger charge is -2.23. The standard InChI is InChI=1S/C23H22FNO3/c24-20-12-10-19(11-13-20)17-28-22-9-5-4-8-21(22)23(27)25(14-15-26)16-18-6-2-1-3-7-18/h1-13,26H,14-17H2. The smallest absolute Gasteiger partial charge is 0.257 e. The number of aliphatic hydroxyl groups excluding tert-OH is 1. The number of benzene rings is 3. The molecule has 4 nitrogen and oxygen atoms in total. The first-order valence-electron chi connectivity index (χ1n) is 9.07. The molecule has 1 N–H and O–H groups in total. The molecule has 0 bridgehead atoms. The molecule has 0 spiro atoms. The quantitative estimate of drug-likeness (QED) is 0.643. The van der Waals surface area contributed by atoms with Crippen molar-refractivity contribution in [2.75, 3.05) is 13.2 Å². The molecule has 0 radical (unpaired) electrons. The first-order valence-corrected chi connectivity index (χ1v) is 9.07. The van der Waals surface area contributed by atoms with Gasteiger partial charge in [-0.3, -0.25) is 4.79 Å². The second-order valence-corrected chi connectivity index (χ2v) is 6.35. The fourth-order valence-corrected chi connectivity index (χ4v) is 2.86. The van der Waals surface area contributed by atoms with Crippen LogP contribution in [0.15, 0.2) is 78.9 Å². The number of ether oxygens (including phenoxy) is 1. The Labute approximate surface area is 163 Å². The first-order chi connectivity index (χ1) is 13.7. The second-order valence-electron chi connectivity index (χ2n) is 6.35. The summed E-state index contributed by atoms with van der Waals surface area (Å²) in [6, 6.07) is 22.7. The minimum Gasteiger partial charge on any atom is -0.488 e. The van der Waals surface area contributed by atoms with Gasteiger partial charge in [0.05, 0.1) is 12.2 Å². The van der Waals surface area contributed by atoms with E-state index >= 15 is 0 Å². The highest BCUT2D eigenvalue weighted by Crippen LogP contribution is 2.22. The van der Waals surface area contributed by atoms with Crippen LogP contribution in [-0.2, 0) is 13.2 Å². The fraction of sp³-hybridized carbons (Fsp3) is 0.174. The summed E-state index contributed by atoms with van der Waals surface area (Å²) in [6.07, 6.45) is 0. The van der Waals surface area contributed by atoms with E-state index < -0.39 is 0 Å². The van der Waals surface area contributed by atoms with Crippen LogP contribution in [0.2, 0.25) is 0 Å². The average molecular weight is 379 g/mol. The summed E-state index contributed by atoms with van der Waals surface area (Å²) < 4.78 is 18.9. The number of para-hydroxylation sites is 1. The topological polar surface area (TPSA) is 49.8 Å². The van der Waals surface area contributed by atoms with Crippen molar-refractivity contribution in [3.63, 3.8) is 0 Å². The van der Waals surface area contributed by atoms with Crippen LogP contribution in [0.5, 0.6) is 5.75 Å². The number of aliphatic hydroxyl groups is 1. The molecule has 0 aliphatic rings. The zero-order valence-corrected chi connectivity index (χ0v) is 15.4. The lowest BCUT2D eigenvalue weighted by atomic mass is 10.1. The molecule has 0 aromatic heterocycles. The third kappa shape index (κ3) is 5.18. The van der Waals surface area contributed by atoms with Crippen LogP contribution >= 0.6 is 0 Å². The normalized spacial score (nSPS) is 10.5. The second kappa shape index (κ2) is 9.67. The van der Waals surface area contributed by atoms with E-state index in [1.165, 1.54) is 12.1 Å². The van der Waals surface area contributed by atoms with Gasteiger partial charge in [-0.25, -0.2) is 4.39 Å². The Balaban J connectivity index is 1.76. The molecule has 0 saturated heterocycles. The van der Waals surface area contributed by atoms with Crippen molar-refractivity contribution in [2.24, 2.45) is 0 Å². The summed E-state index contributed by atoms with van der Waals surface area (Å²) >= 11 is 0. The maximum Gasteiger partial charge on any atom is 0.257 e. The molecular weight excluding hydrogens is 357 g/mol. The number of hydrogen-bond donors (Lipinski definition) is 1. The molecule has 0 fully saturated rings. The number of rotatable bonds is 8. The maximum atomic E-state index is 13.1. The van der Waals surface area contributed by atoms with Gasteiger partial charge in [-0.05, 0) is 35.4 Å². The molecule has 0 aliphatic carbocycles. The Morgan fingerprint density at radius 2 is 1.57 bits per heavy atom. The summed E-state index contributed by atoms with van der Waals surface area (Å²) in [5, 5.41) is 9.40. The molecule has 1 amide bonds. The maximum absolute atomic E-state index is 13.1. The van der Waals surface area contributed by atoms with Gasteiger partial charge in [0.25, 0.3) is 5.91 Å². The molecule has 3 aromatic rings. The summed E-state index contributed by atoms with van der Waals surface area (Å²) in [6.45, 7) is 0.715. The molecule has 0 unspecified atom stereocenters. The van der Waals surface area contributed by atoms with Gasteiger partial charge in [0, 0.05) is 13.1 Å². The van der Waals surface area contributed by atoms with Gasteiger partial charge >= 0.3 is 0 Å². The monoisotopic (exact) mass is 379 g/mol. The van der Waals surface area contributed by atoms with Gasteiger partial charge in [-0.2, -0.15) is 0 Å². The minimum absolute atomic E-state index is 0.128. The molecule has 0 heterocycles. The Kier molecular flexibility index (Phi) is 6.76. The van der Waals surface area contributed by atoms with Crippen LogP contribution < -0.4 is 4.74 Å². The number of halogens is 1. The predicted molar refractivity (Wildman–Crippen MR) is 105 cm³/mol. The third-order valence-corrected chi connectivity index (χ3v) is 4.30. The number of carbonyl (C=O) groups excluding carboxylic acids is 1. The van der Waals surface area contributed by atoms with Gasteiger partial charge in [-0.15, -0.1) is 0 Å². The molecule has 5 heteroatoms. The molecule has 144 valence electrons. The number of hydrogen-bond acceptors (Lipinski definition) is 3. The lowest BCUT2D eigenvalue weighted by molar-refractivity contribution is 0.0703. The van der Waals surface area contributed by atoms with E-state index in [4.69, 9.17) is 4.74 Å². The Morgan fingerprint density at radius 3 is 2.29 bits per heavy atom. The summed E-state index contributed by atoms with van der Waals surface area (Å²) in [5.74, 6) is -0.0691. The summed E-state index contributed by atoms with van der Waals surface area (Å²) in [5.41, 5.74) is 2.21. The highest BCUT2D eigenvalue weighted by molar-refractivity contribution is 5.96. The number of nitrogens with zero attached hydrogens (tertiary/aromatic N) is 1. The predicted octanol–water partition coefficient (Wildman–Crippen LogP) is 4.04. The Hall–Kier alpha value is -3.18. The average Bonchev–Trinajstić information content (AvgIpc) is 2.73. The van der Waals surface area contributed by atoms with Crippen molar-refractivity contribution in [3.05, 3.63) is 101 Å². The van der Waals surface area contributed by atoms with Gasteiger partial charge < -0.3 is 14.7 Å². The molecule has 0 atom stereocenters. The molecule has 28 heavy (non-hydrogen) atoms. The number of amides is 1. The molecule has 0 saturated carbocycles. The van der Waals surface area contributed by atoms with E-state index in [0.717, 1.165) is 11.1 Å². The van der Waals surface area contributed by atoms with Gasteiger partial charge in [0.1, 0.15) is 18.2 Å². The zero-order valence-electron chi connectivity index (χ0n) is 15.4. The minimum atomic E-state index is -0.306. The first kappa shape index (κ1) is 19.6. The van der Waals surface area contributed by atoms with Crippen LogP contribution in [0, 0.1) is 5.82 Å². The van der Waals surface area contributed by atoms with Crippen molar-refractivity contribution < 1.29 is 19.0 Å². The van der Waals surface area contributed by atoms with Crippen LogP contribution in [-0.4, -0.2) is 29.1 Å². The van der Waals surface area contributed by atoms with E-state index in [-0.39, 0.29) is 31.5 Å². The van der Waals surface area contributed by atoms with Crippen molar-refractivity contribution in [1.82, 2.24) is 4.90 Å². The molecule has 0 aliphatic heterocycles. The highest BCUT2D eigenvalue weighted by atomic mass is 19.1. The van der Waals surface area contributed by atoms with E-state index in [9.17, 15) is 14.3 Å². The van der Waals surface area contributed by atoms with E-state index in [2.05, 4.69) is 0 Å². The zero-order chi connectivity index (χ0) is 19.8. The van der Waals surface area contributed by atoms with Crippen LogP contribution in [0.4, 0.5) is 4.39 Å². The van der Waals surface area contributed by atoms with E-state index in [0.29, 0.717) is 17.9 Å². The van der Waals surface area contributed by atoms with Crippen LogP contribution in [0.25, 0.3) is 0 Å². The lowest BCUT2D eigenvalue weighted by Crippen LogP contribution is -2.33. The van der Waals surface area contributed by atoms with Crippen LogP contribution in [0.1, 0.15) is 21.5 Å². The SMILES string of the molecule is O=C(c1ccccc1OCc1ccc(F)cc1)N(CCO)Cc1ccccc1. The summed E-state index contributed by atoms with van der Waals surface area (Å²) in [7, 11) is 0. The third-order valence-electron chi connectivity index (χ3n) is 4.30. The van der Waals surface area contributed by atoms with E-state index in [1.807, 2.05) is 30.3 Å². The van der Waals surface area contributed by atoms with Gasteiger partial charge in [0.15, 0.2) is 0 Å². The Bertz CT molecular complexity index is 897.